The van der Waals surface area contributed by atoms with Gasteiger partial charge in [0, 0.05) is 56.5 Å². The van der Waals surface area contributed by atoms with Gasteiger partial charge in [-0.15, -0.1) is 0 Å². The van der Waals surface area contributed by atoms with Crippen LogP contribution in [0.15, 0.2) is 29.0 Å². The first-order chi connectivity index (χ1) is 12.7. The van der Waals surface area contributed by atoms with Crippen molar-refractivity contribution < 1.29 is 9.32 Å². The molecule has 3 aliphatic rings. The maximum absolute atomic E-state index is 12.7. The Hall–Kier alpha value is -2.28. The van der Waals surface area contributed by atoms with Gasteiger partial charge in [-0.05, 0) is 44.4 Å². The van der Waals surface area contributed by atoms with Crippen LogP contribution in [0.25, 0.3) is 11.4 Å². The molecule has 0 radical (unpaired) electrons. The molecule has 3 saturated heterocycles. The zero-order valence-corrected chi connectivity index (χ0v) is 15.2. The number of pyridine rings is 1. The second kappa shape index (κ2) is 7.53. The van der Waals surface area contributed by atoms with Gasteiger partial charge in [0.25, 0.3) is 0 Å². The SMILES string of the molecule is CN1C[C@H]2CC[C@@H](C1)N(C(=O)CCCc1nc(-c3cccnc3)no1)C2. The largest absolute Gasteiger partial charge is 0.339 e. The van der Waals surface area contributed by atoms with E-state index in [4.69, 9.17) is 4.52 Å². The van der Waals surface area contributed by atoms with Crippen LogP contribution in [0.4, 0.5) is 0 Å². The monoisotopic (exact) mass is 355 g/mol. The Morgan fingerprint density at radius 3 is 3.08 bits per heavy atom. The van der Waals surface area contributed by atoms with Crippen molar-refractivity contribution in [2.45, 2.75) is 38.1 Å². The number of hydrogen-bond acceptors (Lipinski definition) is 6. The van der Waals surface area contributed by atoms with Gasteiger partial charge < -0.3 is 14.3 Å². The van der Waals surface area contributed by atoms with Crippen LogP contribution < -0.4 is 0 Å². The van der Waals surface area contributed by atoms with Gasteiger partial charge in [0.05, 0.1) is 0 Å². The van der Waals surface area contributed by atoms with Crippen molar-refractivity contribution in [2.24, 2.45) is 5.92 Å². The zero-order valence-electron chi connectivity index (χ0n) is 15.2. The van der Waals surface area contributed by atoms with E-state index in [1.54, 1.807) is 12.4 Å². The fourth-order valence-electron chi connectivity index (χ4n) is 4.12. The van der Waals surface area contributed by atoms with Crippen molar-refractivity contribution in [1.82, 2.24) is 24.9 Å². The molecular weight excluding hydrogens is 330 g/mol. The molecule has 2 bridgehead atoms. The van der Waals surface area contributed by atoms with E-state index >= 15 is 0 Å². The minimum atomic E-state index is 0.266. The summed E-state index contributed by atoms with van der Waals surface area (Å²) >= 11 is 0. The summed E-state index contributed by atoms with van der Waals surface area (Å²) in [6.07, 6.45) is 7.71. The van der Waals surface area contributed by atoms with Gasteiger partial charge in [-0.2, -0.15) is 4.98 Å². The molecule has 26 heavy (non-hydrogen) atoms. The predicted octanol–water partition coefficient (Wildman–Crippen LogP) is 2.01. The Balaban J connectivity index is 1.30. The second-order valence-corrected chi connectivity index (χ2v) is 7.47. The van der Waals surface area contributed by atoms with Gasteiger partial charge in [-0.25, -0.2) is 0 Å². The Labute approximate surface area is 153 Å². The van der Waals surface area contributed by atoms with E-state index in [1.165, 1.54) is 6.42 Å². The van der Waals surface area contributed by atoms with Gasteiger partial charge in [0.2, 0.25) is 17.6 Å². The van der Waals surface area contributed by atoms with Crippen molar-refractivity contribution in [3.63, 3.8) is 0 Å². The first-order valence-corrected chi connectivity index (χ1v) is 9.40. The number of carbonyl (C=O) groups is 1. The summed E-state index contributed by atoms with van der Waals surface area (Å²) in [5.41, 5.74) is 0.836. The number of nitrogens with zero attached hydrogens (tertiary/aromatic N) is 5. The highest BCUT2D eigenvalue weighted by atomic mass is 16.5. The lowest BCUT2D eigenvalue weighted by molar-refractivity contribution is -0.135. The number of likely N-dealkylation sites (N-methyl/N-ethyl adjacent to an activating group) is 1. The van der Waals surface area contributed by atoms with E-state index in [1.807, 2.05) is 12.1 Å². The Morgan fingerprint density at radius 2 is 2.23 bits per heavy atom. The Kier molecular flexibility index (Phi) is 4.97. The summed E-state index contributed by atoms with van der Waals surface area (Å²) in [5.74, 6) is 2.02. The molecular formula is C19H25N5O2. The van der Waals surface area contributed by atoms with Crippen LogP contribution in [0.5, 0.6) is 0 Å². The highest BCUT2D eigenvalue weighted by molar-refractivity contribution is 5.76. The van der Waals surface area contributed by atoms with Crippen LogP contribution in [0.1, 0.15) is 31.6 Å². The van der Waals surface area contributed by atoms with Gasteiger partial charge in [0.15, 0.2) is 0 Å². The normalized spacial score (nSPS) is 23.2. The number of aromatic nitrogens is 3. The van der Waals surface area contributed by atoms with E-state index in [0.29, 0.717) is 36.5 Å². The molecule has 7 nitrogen and oxygen atoms in total. The predicted molar refractivity (Wildman–Crippen MR) is 96.2 cm³/mol. The highest BCUT2D eigenvalue weighted by Gasteiger charge is 2.35. The molecule has 0 saturated carbocycles. The first-order valence-electron chi connectivity index (χ1n) is 9.40. The molecule has 1 amide bonds. The summed E-state index contributed by atoms with van der Waals surface area (Å²) in [4.78, 5) is 25.7. The fourth-order valence-corrected chi connectivity index (χ4v) is 4.12. The second-order valence-electron chi connectivity index (χ2n) is 7.47. The van der Waals surface area contributed by atoms with E-state index in [9.17, 15) is 4.79 Å². The molecule has 0 N–H and O–H groups in total. The van der Waals surface area contributed by atoms with Crippen LogP contribution in [0.2, 0.25) is 0 Å². The lowest BCUT2D eigenvalue weighted by atomic mass is 9.94. The summed E-state index contributed by atoms with van der Waals surface area (Å²) in [6, 6.07) is 4.12. The van der Waals surface area contributed by atoms with Gasteiger partial charge in [-0.1, -0.05) is 5.16 Å². The van der Waals surface area contributed by atoms with Crippen molar-refractivity contribution in [2.75, 3.05) is 26.7 Å². The third-order valence-corrected chi connectivity index (χ3v) is 5.39. The van der Waals surface area contributed by atoms with Crippen LogP contribution >= 0.6 is 0 Å². The molecule has 138 valence electrons. The molecule has 0 aromatic carbocycles. The molecule has 2 atom stereocenters. The third kappa shape index (κ3) is 3.77. The number of fused-ring (bicyclic) bond motifs is 4. The molecule has 3 aliphatic heterocycles. The van der Waals surface area contributed by atoms with Gasteiger partial charge >= 0.3 is 0 Å². The number of piperidine rings is 1. The van der Waals surface area contributed by atoms with Crippen LogP contribution in [0, 0.1) is 5.92 Å². The van der Waals surface area contributed by atoms with E-state index in [0.717, 1.165) is 38.0 Å². The number of carbonyl (C=O) groups excluding carboxylic acids is 1. The average Bonchev–Trinajstić information content (AvgIpc) is 2.97. The molecule has 5 heterocycles. The number of amides is 1. The van der Waals surface area contributed by atoms with Crippen molar-refractivity contribution in [1.29, 1.82) is 0 Å². The molecule has 5 rings (SSSR count). The number of aryl methyl sites for hydroxylation is 1. The van der Waals surface area contributed by atoms with E-state index in [2.05, 4.69) is 32.0 Å². The summed E-state index contributed by atoms with van der Waals surface area (Å²) in [5, 5.41) is 4.00. The molecule has 7 heteroatoms. The minimum absolute atomic E-state index is 0.266. The van der Waals surface area contributed by atoms with Crippen molar-refractivity contribution in [3.05, 3.63) is 30.4 Å². The lowest BCUT2D eigenvalue weighted by Gasteiger charge is -2.36. The molecule has 0 spiro atoms. The van der Waals surface area contributed by atoms with Crippen molar-refractivity contribution >= 4 is 5.91 Å². The van der Waals surface area contributed by atoms with E-state index < -0.39 is 0 Å². The molecule has 2 aromatic rings. The standard InChI is InChI=1S/C19H25N5O2/c1-23-11-14-7-8-16(13-23)24(12-14)18(25)6-2-5-17-21-19(22-26-17)15-4-3-9-20-10-15/h3-4,9-10,14,16H,2,5-8,11-13H2,1H3/t14-,16+/m1/s1. The highest BCUT2D eigenvalue weighted by Crippen LogP contribution is 2.28. The van der Waals surface area contributed by atoms with Crippen molar-refractivity contribution in [3.8, 4) is 11.4 Å². The topological polar surface area (TPSA) is 75.4 Å². The summed E-state index contributed by atoms with van der Waals surface area (Å²) in [7, 11) is 2.16. The van der Waals surface area contributed by atoms with E-state index in [-0.39, 0.29) is 5.91 Å². The summed E-state index contributed by atoms with van der Waals surface area (Å²) in [6.45, 7) is 3.03. The first kappa shape index (κ1) is 17.1. The number of hydrogen-bond donors (Lipinski definition) is 0. The maximum atomic E-state index is 12.7. The van der Waals surface area contributed by atoms with Gasteiger partial charge in [0.1, 0.15) is 0 Å². The molecule has 0 aliphatic carbocycles. The third-order valence-electron chi connectivity index (χ3n) is 5.39. The molecule has 0 unspecified atom stereocenters. The smallest absolute Gasteiger partial charge is 0.226 e. The maximum Gasteiger partial charge on any atom is 0.226 e. The summed E-state index contributed by atoms with van der Waals surface area (Å²) < 4.78 is 5.31. The minimum Gasteiger partial charge on any atom is -0.339 e. The molecule has 3 fully saturated rings. The van der Waals surface area contributed by atoms with Gasteiger partial charge in [-0.3, -0.25) is 9.78 Å². The van der Waals surface area contributed by atoms with Crippen LogP contribution in [0.3, 0.4) is 0 Å². The number of rotatable bonds is 5. The van der Waals surface area contributed by atoms with Crippen LogP contribution in [-0.2, 0) is 11.2 Å². The molecule has 2 aromatic heterocycles. The average molecular weight is 355 g/mol. The Morgan fingerprint density at radius 1 is 1.31 bits per heavy atom. The lowest BCUT2D eigenvalue weighted by Crippen LogP contribution is -2.47. The fraction of sp³-hybridized carbons (Fsp3) is 0.579. The quantitative estimate of drug-likeness (QED) is 0.817. The zero-order chi connectivity index (χ0) is 17.9. The van der Waals surface area contributed by atoms with Crippen LogP contribution in [-0.4, -0.2) is 63.6 Å². The Bertz CT molecular complexity index is 747.